The number of carbonyl (C=O) groups is 1. The van der Waals surface area contributed by atoms with Crippen molar-refractivity contribution < 1.29 is 38.5 Å². The number of H-pyrrole nitrogens is 1. The van der Waals surface area contributed by atoms with Crippen LogP contribution in [0.4, 0.5) is 0 Å². The summed E-state index contributed by atoms with van der Waals surface area (Å²) < 4.78 is 28.1. The van der Waals surface area contributed by atoms with Gasteiger partial charge in [0, 0.05) is 17.7 Å². The van der Waals surface area contributed by atoms with E-state index in [0.717, 1.165) is 16.7 Å². The Labute approximate surface area is 245 Å². The van der Waals surface area contributed by atoms with E-state index in [1.807, 2.05) is 36.4 Å². The van der Waals surface area contributed by atoms with Gasteiger partial charge in [-0.3, -0.25) is 9.36 Å². The number of aromatic amines is 1. The molecule has 0 saturated carbocycles. The van der Waals surface area contributed by atoms with Gasteiger partial charge in [0.2, 0.25) is 0 Å². The van der Waals surface area contributed by atoms with E-state index in [-0.39, 0.29) is 50.4 Å². The standard InChI is InChI=1S/C28H28ClN4O8P/c29-19-12-20-26(33-28(31-20)41-22-14-40-24-21(34)13-39-25(22)24)32-23(19)17-6-2-15(3-7-17)16-4-8-18(9-5-16)27(35)30-10-1-11-42(36,37)38/h2-9,12,21-22,24-25,34H,1,10-11,13-14H2,(H,30,35)(H,31,32,33)(H2,36,37,38)/t21-,22-,24-,25-/m1/s1. The smallest absolute Gasteiger partial charge is 0.325 e. The van der Waals surface area contributed by atoms with Crippen LogP contribution >= 0.6 is 19.2 Å². The van der Waals surface area contributed by atoms with Crippen molar-refractivity contribution in [1.29, 1.82) is 0 Å². The molecular formula is C28H28ClN4O8P. The van der Waals surface area contributed by atoms with Gasteiger partial charge in [-0.1, -0.05) is 48.0 Å². The van der Waals surface area contributed by atoms with E-state index in [1.165, 1.54) is 0 Å². The van der Waals surface area contributed by atoms with Gasteiger partial charge in [-0.25, -0.2) is 4.98 Å². The van der Waals surface area contributed by atoms with Crippen LogP contribution in [-0.4, -0.2) is 86.1 Å². The maximum atomic E-state index is 12.3. The van der Waals surface area contributed by atoms with Gasteiger partial charge in [0.25, 0.3) is 11.9 Å². The number of hydrogen-bond acceptors (Lipinski definition) is 8. The quantitative estimate of drug-likeness (QED) is 0.139. The number of nitrogens with zero attached hydrogens (tertiary/aromatic N) is 2. The summed E-state index contributed by atoms with van der Waals surface area (Å²) in [5.41, 5.74) is 4.69. The number of benzene rings is 2. The average molecular weight is 615 g/mol. The lowest BCUT2D eigenvalue weighted by Gasteiger charge is -2.15. The number of fused-ring (bicyclic) bond motifs is 2. The minimum Gasteiger partial charge on any atom is -0.456 e. The molecule has 0 bridgehead atoms. The zero-order valence-corrected chi connectivity index (χ0v) is 23.8. The number of amides is 1. The number of carbonyl (C=O) groups excluding carboxylic acids is 1. The summed E-state index contributed by atoms with van der Waals surface area (Å²) in [5.74, 6) is -0.308. The molecule has 2 aromatic carbocycles. The molecule has 2 aliphatic rings. The van der Waals surface area contributed by atoms with Crippen molar-refractivity contribution in [2.24, 2.45) is 0 Å². The lowest BCUT2D eigenvalue weighted by Crippen LogP contribution is -2.34. The minimum atomic E-state index is -4.07. The first-order chi connectivity index (χ1) is 20.1. The maximum Gasteiger partial charge on any atom is 0.325 e. The SMILES string of the molecule is O=C(NCCCP(=O)(O)O)c1ccc(-c2ccc(-c3nc4nc(O[C@@H]5CO[C@H]6[C@@H]5OC[C@H]6O)[nH]c4cc3Cl)cc2)cc1. The Morgan fingerprint density at radius 1 is 1.02 bits per heavy atom. The second-order valence-corrected chi connectivity index (χ2v) is 12.4. The van der Waals surface area contributed by atoms with Crippen molar-refractivity contribution in [3.8, 4) is 28.4 Å². The molecule has 42 heavy (non-hydrogen) atoms. The number of hydrogen-bond donors (Lipinski definition) is 5. The van der Waals surface area contributed by atoms with Crippen LogP contribution in [-0.2, 0) is 14.0 Å². The van der Waals surface area contributed by atoms with E-state index in [4.69, 9.17) is 35.6 Å². The highest BCUT2D eigenvalue weighted by atomic mass is 35.5. The monoisotopic (exact) mass is 614 g/mol. The Kier molecular flexibility index (Phi) is 8.03. The number of aliphatic hydroxyl groups is 1. The summed E-state index contributed by atoms with van der Waals surface area (Å²) in [5, 5.41) is 13.0. The second kappa shape index (κ2) is 11.7. The van der Waals surface area contributed by atoms with Crippen molar-refractivity contribution in [1.82, 2.24) is 20.3 Å². The fraction of sp³-hybridized carbons (Fsp3) is 0.321. The first kappa shape index (κ1) is 28.8. The van der Waals surface area contributed by atoms with Crippen molar-refractivity contribution in [3.63, 3.8) is 0 Å². The highest BCUT2D eigenvalue weighted by Gasteiger charge is 2.48. The first-order valence-corrected chi connectivity index (χ1v) is 15.5. The number of aliphatic hydroxyl groups excluding tert-OH is 1. The van der Waals surface area contributed by atoms with Crippen molar-refractivity contribution in [2.75, 3.05) is 25.9 Å². The zero-order valence-electron chi connectivity index (χ0n) is 22.1. The summed E-state index contributed by atoms with van der Waals surface area (Å²) in [6.07, 6.45) is -1.91. The maximum absolute atomic E-state index is 12.3. The van der Waals surface area contributed by atoms with Gasteiger partial charge >= 0.3 is 7.60 Å². The van der Waals surface area contributed by atoms with Gasteiger partial charge in [-0.15, -0.1) is 0 Å². The second-order valence-electron chi connectivity index (χ2n) is 10.2. The highest BCUT2D eigenvalue weighted by Crippen LogP contribution is 2.35. The first-order valence-electron chi connectivity index (χ1n) is 13.3. The largest absolute Gasteiger partial charge is 0.456 e. The molecule has 0 unspecified atom stereocenters. The predicted octanol–water partition coefficient (Wildman–Crippen LogP) is 3.15. The number of nitrogens with one attached hydrogen (secondary N) is 2. The molecule has 4 aromatic rings. The molecule has 2 fully saturated rings. The van der Waals surface area contributed by atoms with Crippen LogP contribution in [0.3, 0.4) is 0 Å². The van der Waals surface area contributed by atoms with Crippen LogP contribution in [0.2, 0.25) is 5.02 Å². The Bertz CT molecular complexity index is 1640. The zero-order chi connectivity index (χ0) is 29.4. The average Bonchev–Trinajstić information content (AvgIpc) is 3.66. The number of ether oxygens (including phenoxy) is 3. The molecule has 0 spiro atoms. The topological polar surface area (TPSA) is 176 Å². The van der Waals surface area contributed by atoms with Crippen LogP contribution in [0.25, 0.3) is 33.5 Å². The molecule has 2 aliphatic heterocycles. The van der Waals surface area contributed by atoms with Crippen LogP contribution in [0.15, 0.2) is 54.6 Å². The normalized spacial score (nSPS) is 21.9. The summed E-state index contributed by atoms with van der Waals surface area (Å²) >= 11 is 6.58. The molecule has 6 rings (SSSR count). The van der Waals surface area contributed by atoms with Gasteiger partial charge in [-0.2, -0.15) is 4.98 Å². The summed E-state index contributed by atoms with van der Waals surface area (Å²) in [4.78, 5) is 42.4. The van der Waals surface area contributed by atoms with Crippen LogP contribution in [0, 0.1) is 0 Å². The van der Waals surface area contributed by atoms with Crippen molar-refractivity contribution in [2.45, 2.75) is 30.8 Å². The molecule has 2 saturated heterocycles. The van der Waals surface area contributed by atoms with Crippen molar-refractivity contribution in [3.05, 3.63) is 65.2 Å². The van der Waals surface area contributed by atoms with E-state index in [9.17, 15) is 14.5 Å². The number of rotatable bonds is 9. The van der Waals surface area contributed by atoms with Gasteiger partial charge < -0.3 is 39.4 Å². The van der Waals surface area contributed by atoms with Gasteiger partial charge in [0.1, 0.15) is 18.3 Å². The van der Waals surface area contributed by atoms with E-state index in [0.29, 0.717) is 27.4 Å². The third-order valence-corrected chi connectivity index (χ3v) is 8.39. The minimum absolute atomic E-state index is 0.179. The molecule has 12 nitrogen and oxygen atoms in total. The predicted molar refractivity (Wildman–Crippen MR) is 154 cm³/mol. The number of aromatic nitrogens is 3. The van der Waals surface area contributed by atoms with E-state index in [2.05, 4.69) is 20.3 Å². The fourth-order valence-electron chi connectivity index (χ4n) is 5.07. The third-order valence-electron chi connectivity index (χ3n) is 7.20. The molecule has 220 valence electrons. The Hall–Kier alpha value is -3.35. The van der Waals surface area contributed by atoms with Crippen molar-refractivity contribution >= 4 is 36.3 Å². The Morgan fingerprint density at radius 2 is 1.69 bits per heavy atom. The molecule has 0 radical (unpaired) electrons. The molecule has 4 heterocycles. The van der Waals surface area contributed by atoms with Crippen LogP contribution in [0.1, 0.15) is 16.8 Å². The molecule has 1 amide bonds. The van der Waals surface area contributed by atoms with Crippen LogP contribution in [0.5, 0.6) is 6.01 Å². The summed E-state index contributed by atoms with van der Waals surface area (Å²) in [6.45, 7) is 0.675. The van der Waals surface area contributed by atoms with Gasteiger partial charge in [-0.05, 0) is 35.7 Å². The van der Waals surface area contributed by atoms with Crippen LogP contribution < -0.4 is 10.1 Å². The number of pyridine rings is 1. The highest BCUT2D eigenvalue weighted by molar-refractivity contribution is 7.51. The third kappa shape index (κ3) is 6.20. The van der Waals surface area contributed by atoms with Gasteiger partial charge in [0.05, 0.1) is 35.6 Å². The molecule has 5 N–H and O–H groups in total. The molecule has 14 heteroatoms. The molecule has 4 atom stereocenters. The Balaban J connectivity index is 1.11. The van der Waals surface area contributed by atoms with E-state index < -0.39 is 25.9 Å². The number of imidazole rings is 1. The fourth-order valence-corrected chi connectivity index (χ4v) is 5.90. The molecule has 2 aromatic heterocycles. The lowest BCUT2D eigenvalue weighted by atomic mass is 10.0. The molecule has 0 aliphatic carbocycles. The molecular weight excluding hydrogens is 587 g/mol. The van der Waals surface area contributed by atoms with Gasteiger partial charge in [0.15, 0.2) is 11.8 Å². The summed E-state index contributed by atoms with van der Waals surface area (Å²) in [7, 11) is -4.07. The Morgan fingerprint density at radius 3 is 2.40 bits per heavy atom. The van der Waals surface area contributed by atoms with E-state index >= 15 is 0 Å². The number of halogens is 1. The summed E-state index contributed by atoms with van der Waals surface area (Å²) in [6, 6.07) is 16.7. The van der Waals surface area contributed by atoms with E-state index in [1.54, 1.807) is 18.2 Å². The lowest BCUT2D eigenvalue weighted by molar-refractivity contribution is 0.00706.